The average molecular weight is 272 g/mol. The van der Waals surface area contributed by atoms with Crippen LogP contribution in [0.2, 0.25) is 0 Å². The number of hydrogen-bond acceptors (Lipinski definition) is 3. The molecule has 0 aliphatic carbocycles. The highest BCUT2D eigenvalue weighted by Crippen LogP contribution is 2.33. The molecule has 0 spiro atoms. The fourth-order valence-corrected chi connectivity index (χ4v) is 0.733. The highest BCUT2D eigenvalue weighted by atomic mass is 31.2. The van der Waals surface area contributed by atoms with E-state index >= 15 is 0 Å². The molecule has 0 rings (SSSR count). The summed E-state index contributed by atoms with van der Waals surface area (Å²) in [5.74, 6) is -1.49. The second-order valence-corrected chi connectivity index (χ2v) is 4.64. The zero-order valence-electron chi connectivity index (χ0n) is 11.0. The van der Waals surface area contributed by atoms with Crippen LogP contribution in [-0.2, 0) is 14.1 Å². The van der Waals surface area contributed by atoms with E-state index in [0.29, 0.717) is 0 Å². The Morgan fingerprint density at radius 2 is 1.41 bits per heavy atom. The van der Waals surface area contributed by atoms with E-state index in [1.165, 1.54) is 12.8 Å². The quantitative estimate of drug-likeness (QED) is 0.662. The molecular weight excluding hydrogens is 247 g/mol. The van der Waals surface area contributed by atoms with Crippen molar-refractivity contribution in [3.8, 4) is 0 Å². The Bertz CT molecular complexity index is 197. The molecule has 0 aromatic carbocycles. The second kappa shape index (κ2) is 15.6. The molecule has 0 saturated carbocycles. The van der Waals surface area contributed by atoms with Crippen molar-refractivity contribution in [1.82, 2.24) is 0 Å². The van der Waals surface area contributed by atoms with Gasteiger partial charge in [-0.1, -0.05) is 26.7 Å². The molecule has 0 heterocycles. The van der Waals surface area contributed by atoms with Gasteiger partial charge in [0.2, 0.25) is 0 Å². The zero-order chi connectivity index (χ0) is 14.3. The van der Waals surface area contributed by atoms with Crippen LogP contribution in [0.15, 0.2) is 0 Å². The Morgan fingerprint density at radius 3 is 1.41 bits per heavy atom. The van der Waals surface area contributed by atoms with E-state index in [9.17, 15) is 9.36 Å². The maximum atomic E-state index is 9.76. The van der Waals surface area contributed by atoms with Gasteiger partial charge in [-0.05, 0) is 13.8 Å². The molecule has 0 amide bonds. The molecule has 7 heteroatoms. The van der Waals surface area contributed by atoms with Crippen molar-refractivity contribution in [1.29, 1.82) is 0 Å². The summed E-state index contributed by atoms with van der Waals surface area (Å²) in [5.41, 5.74) is 0. The molecule has 3 N–H and O–H groups in total. The lowest BCUT2D eigenvalue weighted by atomic mass is 10.4. The van der Waals surface area contributed by atoms with Crippen LogP contribution in [0.5, 0.6) is 0 Å². The van der Waals surface area contributed by atoms with Gasteiger partial charge in [-0.25, -0.2) is 0 Å². The van der Waals surface area contributed by atoms with Crippen LogP contribution in [0, 0.1) is 0 Å². The van der Waals surface area contributed by atoms with Crippen molar-refractivity contribution in [2.24, 2.45) is 0 Å². The van der Waals surface area contributed by atoms with Crippen molar-refractivity contribution in [3.63, 3.8) is 0 Å². The molecule has 0 aliphatic rings. The van der Waals surface area contributed by atoms with Crippen molar-refractivity contribution in [3.05, 3.63) is 0 Å². The number of carboxylic acid groups (broad SMARTS) is 1. The predicted molar refractivity (Wildman–Crippen MR) is 67.3 cm³/mol. The molecule has 0 bridgehead atoms. The Labute approximate surface area is 103 Å². The molecule has 0 saturated heterocycles. The highest BCUT2D eigenvalue weighted by Gasteiger charge is 2.17. The number of ether oxygens (including phenoxy) is 1. The molecule has 0 aromatic heterocycles. The van der Waals surface area contributed by atoms with Gasteiger partial charge in [-0.15, -0.1) is 0 Å². The first-order valence-electron chi connectivity index (χ1n) is 5.59. The highest BCUT2D eigenvalue weighted by molar-refractivity contribution is 7.52. The minimum atomic E-state index is -4.32. The third-order valence-corrected chi connectivity index (χ3v) is 1.93. The fraction of sp³-hybridized carbons (Fsp3) is 0.900. The molecule has 0 aliphatic heterocycles. The van der Waals surface area contributed by atoms with E-state index in [1.807, 2.05) is 13.8 Å². The zero-order valence-corrected chi connectivity index (χ0v) is 11.9. The third kappa shape index (κ3) is 50.0. The van der Waals surface area contributed by atoms with Crippen LogP contribution < -0.4 is 0 Å². The first-order valence-corrected chi connectivity index (χ1v) is 7.38. The van der Waals surface area contributed by atoms with Gasteiger partial charge in [0.1, 0.15) is 6.16 Å². The van der Waals surface area contributed by atoms with Gasteiger partial charge in [0, 0.05) is 13.2 Å². The number of unbranched alkanes of at least 4 members (excludes halogenated alkanes) is 1. The van der Waals surface area contributed by atoms with Crippen molar-refractivity contribution < 1.29 is 29.0 Å². The standard InChI is InChI=1S/C4H10O.C4H10.C2H5O5P/c1-3-5-4-2;1-3-4-2;3-2(4)1-8(5,6)7/h3-4H2,1-2H3;3-4H2,1-2H3;1H2,(H,3,4)(H2,5,6,7). The summed E-state index contributed by atoms with van der Waals surface area (Å²) in [5, 5.41) is 7.76. The van der Waals surface area contributed by atoms with E-state index in [1.54, 1.807) is 0 Å². The number of carboxylic acids is 1. The smallest absolute Gasteiger partial charge is 0.336 e. The molecule has 0 aromatic rings. The minimum absolute atomic E-state index is 0.844. The summed E-state index contributed by atoms with van der Waals surface area (Å²) < 4.78 is 14.6. The van der Waals surface area contributed by atoms with Gasteiger partial charge in [0.15, 0.2) is 0 Å². The largest absolute Gasteiger partial charge is 0.481 e. The molecule has 6 nitrogen and oxygen atoms in total. The van der Waals surface area contributed by atoms with Gasteiger partial charge in [0.05, 0.1) is 0 Å². The van der Waals surface area contributed by atoms with Crippen molar-refractivity contribution in [2.75, 3.05) is 19.4 Å². The maximum Gasteiger partial charge on any atom is 0.336 e. The van der Waals surface area contributed by atoms with Crippen LogP contribution in [0.3, 0.4) is 0 Å². The Morgan fingerprint density at radius 1 is 1.06 bits per heavy atom. The summed E-state index contributed by atoms with van der Waals surface area (Å²) in [4.78, 5) is 25.4. The Kier molecular flexibility index (Phi) is 20.0. The Balaban J connectivity index is -0.000000188. The fourth-order valence-electron chi connectivity index (χ4n) is 0.380. The molecule has 0 unspecified atom stereocenters. The molecule has 0 atom stereocenters. The van der Waals surface area contributed by atoms with Gasteiger partial charge in [-0.3, -0.25) is 9.36 Å². The number of rotatable bonds is 5. The SMILES string of the molecule is CCCC.CCOCC.O=C(O)CP(=O)(O)O. The van der Waals surface area contributed by atoms with Gasteiger partial charge in [-0.2, -0.15) is 0 Å². The summed E-state index contributed by atoms with van der Waals surface area (Å²) in [6.07, 6.45) is 1.55. The third-order valence-electron chi connectivity index (χ3n) is 1.25. The van der Waals surface area contributed by atoms with Crippen LogP contribution in [-0.4, -0.2) is 40.2 Å². The topological polar surface area (TPSA) is 104 Å². The Hall–Kier alpha value is -0.420. The van der Waals surface area contributed by atoms with Crippen LogP contribution in [0.1, 0.15) is 40.5 Å². The van der Waals surface area contributed by atoms with Gasteiger partial charge >= 0.3 is 13.6 Å². The number of aliphatic carboxylic acids is 1. The molecule has 17 heavy (non-hydrogen) atoms. The van der Waals surface area contributed by atoms with Crippen LogP contribution in [0.4, 0.5) is 0 Å². The monoisotopic (exact) mass is 272 g/mol. The molecule has 106 valence electrons. The lowest BCUT2D eigenvalue weighted by Crippen LogP contribution is -2.01. The first-order chi connectivity index (χ1) is 7.74. The summed E-state index contributed by atoms with van der Waals surface area (Å²) in [6.45, 7) is 10.0. The van der Waals surface area contributed by atoms with E-state index in [0.717, 1.165) is 13.2 Å². The normalized spacial score (nSPS) is 9.53. The number of hydrogen-bond donors (Lipinski definition) is 3. The van der Waals surface area contributed by atoms with Crippen molar-refractivity contribution in [2.45, 2.75) is 40.5 Å². The van der Waals surface area contributed by atoms with E-state index in [-0.39, 0.29) is 0 Å². The lowest BCUT2D eigenvalue weighted by Gasteiger charge is -1.95. The summed E-state index contributed by atoms with van der Waals surface area (Å²) in [7, 11) is -4.32. The number of carbonyl (C=O) groups is 1. The second-order valence-electron chi connectivity index (χ2n) is 3.00. The van der Waals surface area contributed by atoms with Crippen molar-refractivity contribution >= 4 is 13.6 Å². The lowest BCUT2D eigenvalue weighted by molar-refractivity contribution is -0.134. The van der Waals surface area contributed by atoms with Crippen LogP contribution in [0.25, 0.3) is 0 Å². The molecule has 0 radical (unpaired) electrons. The first kappa shape index (κ1) is 21.8. The van der Waals surface area contributed by atoms with E-state index in [2.05, 4.69) is 13.8 Å². The average Bonchev–Trinajstić information content (AvgIpc) is 2.16. The van der Waals surface area contributed by atoms with Crippen LogP contribution >= 0.6 is 7.60 Å². The maximum absolute atomic E-state index is 9.76. The summed E-state index contributed by atoms with van der Waals surface area (Å²) in [6, 6.07) is 0. The van der Waals surface area contributed by atoms with Gasteiger partial charge in [0.25, 0.3) is 0 Å². The van der Waals surface area contributed by atoms with E-state index < -0.39 is 19.7 Å². The molecule has 0 fully saturated rings. The predicted octanol–water partition coefficient (Wildman–Crippen LogP) is 2.10. The molecular formula is C10H25O6P. The summed E-state index contributed by atoms with van der Waals surface area (Å²) >= 11 is 0. The minimum Gasteiger partial charge on any atom is -0.481 e. The van der Waals surface area contributed by atoms with Gasteiger partial charge < -0.3 is 19.6 Å². The van der Waals surface area contributed by atoms with E-state index in [4.69, 9.17) is 19.6 Å².